The zero-order valence-electron chi connectivity index (χ0n) is 16.3. The fourth-order valence-electron chi connectivity index (χ4n) is 4.05. The second kappa shape index (κ2) is 8.38. The predicted octanol–water partition coefficient (Wildman–Crippen LogP) is 2.21. The van der Waals surface area contributed by atoms with E-state index in [4.69, 9.17) is 0 Å². The summed E-state index contributed by atoms with van der Waals surface area (Å²) in [5.41, 5.74) is 0.690. The molecule has 148 valence electrons. The Bertz CT molecular complexity index is 669. The van der Waals surface area contributed by atoms with Crippen molar-refractivity contribution in [2.45, 2.75) is 45.1 Å². The van der Waals surface area contributed by atoms with Crippen LogP contribution in [-0.4, -0.2) is 59.9 Å². The summed E-state index contributed by atoms with van der Waals surface area (Å²) < 4.78 is 13.0. The molecule has 2 aliphatic rings. The van der Waals surface area contributed by atoms with E-state index < -0.39 is 0 Å². The molecule has 0 aliphatic carbocycles. The normalized spacial score (nSPS) is 21.1. The van der Waals surface area contributed by atoms with E-state index in [0.29, 0.717) is 19.5 Å². The molecule has 2 fully saturated rings. The van der Waals surface area contributed by atoms with Crippen LogP contribution >= 0.6 is 0 Å². The Labute approximate surface area is 160 Å². The standard InChI is InChI=1S/C21H30FN3O2/c1-21(2,15-24-10-3-4-11-24)23-20(27)17-13-19(26)25(14-17)12-9-16-5-7-18(22)8-6-16/h5-8,17H,3-4,9-15H2,1-2H3,(H,23,27). The van der Waals surface area contributed by atoms with Crippen LogP contribution < -0.4 is 5.32 Å². The summed E-state index contributed by atoms with van der Waals surface area (Å²) in [4.78, 5) is 29.1. The number of amides is 2. The second-order valence-corrected chi connectivity index (χ2v) is 8.47. The van der Waals surface area contributed by atoms with E-state index in [-0.39, 0.29) is 35.5 Å². The highest BCUT2D eigenvalue weighted by molar-refractivity contribution is 5.89. The molecule has 1 aromatic rings. The lowest BCUT2D eigenvalue weighted by molar-refractivity contribution is -0.129. The Morgan fingerprint density at radius 2 is 1.89 bits per heavy atom. The molecule has 0 aromatic heterocycles. The number of rotatable bonds is 7. The lowest BCUT2D eigenvalue weighted by atomic mass is 10.0. The Kier molecular flexibility index (Phi) is 6.15. The fraction of sp³-hybridized carbons (Fsp3) is 0.619. The van der Waals surface area contributed by atoms with Crippen LogP contribution in [0.1, 0.15) is 38.7 Å². The van der Waals surface area contributed by atoms with Gasteiger partial charge in [-0.1, -0.05) is 12.1 Å². The van der Waals surface area contributed by atoms with Crippen molar-refractivity contribution in [2.75, 3.05) is 32.7 Å². The number of hydrogen-bond donors (Lipinski definition) is 1. The van der Waals surface area contributed by atoms with Crippen molar-refractivity contribution in [1.29, 1.82) is 0 Å². The fourth-order valence-corrected chi connectivity index (χ4v) is 4.05. The monoisotopic (exact) mass is 375 g/mol. The Morgan fingerprint density at radius 3 is 2.56 bits per heavy atom. The van der Waals surface area contributed by atoms with Crippen LogP contribution in [0.3, 0.4) is 0 Å². The molecule has 2 saturated heterocycles. The molecule has 0 spiro atoms. The molecule has 1 aromatic carbocycles. The van der Waals surface area contributed by atoms with E-state index in [1.807, 2.05) is 13.8 Å². The third kappa shape index (κ3) is 5.51. The van der Waals surface area contributed by atoms with Crippen LogP contribution in [-0.2, 0) is 16.0 Å². The first-order chi connectivity index (χ1) is 12.8. The van der Waals surface area contributed by atoms with Crippen molar-refractivity contribution in [3.8, 4) is 0 Å². The largest absolute Gasteiger partial charge is 0.350 e. The van der Waals surface area contributed by atoms with Crippen molar-refractivity contribution in [2.24, 2.45) is 5.92 Å². The predicted molar refractivity (Wildman–Crippen MR) is 103 cm³/mol. The maximum Gasteiger partial charge on any atom is 0.225 e. The zero-order valence-corrected chi connectivity index (χ0v) is 16.3. The number of hydrogen-bond acceptors (Lipinski definition) is 3. The molecule has 1 N–H and O–H groups in total. The van der Waals surface area contributed by atoms with Gasteiger partial charge in [-0.05, 0) is 63.9 Å². The van der Waals surface area contributed by atoms with E-state index >= 15 is 0 Å². The number of carbonyl (C=O) groups is 2. The number of nitrogens with zero attached hydrogens (tertiary/aromatic N) is 2. The summed E-state index contributed by atoms with van der Waals surface area (Å²) in [5, 5.41) is 3.15. The molecule has 1 atom stereocenters. The minimum atomic E-state index is -0.300. The molecule has 2 aliphatic heterocycles. The molecule has 0 bridgehead atoms. The Morgan fingerprint density at radius 1 is 1.22 bits per heavy atom. The van der Waals surface area contributed by atoms with E-state index in [9.17, 15) is 14.0 Å². The minimum Gasteiger partial charge on any atom is -0.350 e. The van der Waals surface area contributed by atoms with Gasteiger partial charge in [-0.2, -0.15) is 0 Å². The van der Waals surface area contributed by atoms with Crippen molar-refractivity contribution in [3.63, 3.8) is 0 Å². The summed E-state index contributed by atoms with van der Waals surface area (Å²) >= 11 is 0. The van der Waals surface area contributed by atoms with Crippen LogP contribution in [0.4, 0.5) is 4.39 Å². The summed E-state index contributed by atoms with van der Waals surface area (Å²) in [5.74, 6) is -0.556. The van der Waals surface area contributed by atoms with Gasteiger partial charge in [-0.3, -0.25) is 9.59 Å². The zero-order chi connectivity index (χ0) is 19.4. The Balaban J connectivity index is 1.48. The number of benzene rings is 1. The summed E-state index contributed by atoms with van der Waals surface area (Å²) in [6.45, 7) is 8.15. The van der Waals surface area contributed by atoms with Crippen LogP contribution in [0, 0.1) is 11.7 Å². The van der Waals surface area contributed by atoms with Crippen molar-refractivity contribution >= 4 is 11.8 Å². The summed E-state index contributed by atoms with van der Waals surface area (Å²) in [6, 6.07) is 6.33. The average molecular weight is 375 g/mol. The van der Waals surface area contributed by atoms with Crippen LogP contribution in [0.15, 0.2) is 24.3 Å². The summed E-state index contributed by atoms with van der Waals surface area (Å²) in [7, 11) is 0. The van der Waals surface area contributed by atoms with Gasteiger partial charge in [0.1, 0.15) is 5.82 Å². The number of halogens is 1. The summed E-state index contributed by atoms with van der Waals surface area (Å²) in [6.07, 6.45) is 3.39. The van der Waals surface area contributed by atoms with Gasteiger partial charge in [-0.15, -0.1) is 0 Å². The highest BCUT2D eigenvalue weighted by Gasteiger charge is 2.36. The molecule has 6 heteroatoms. The van der Waals surface area contributed by atoms with Crippen LogP contribution in [0.2, 0.25) is 0 Å². The van der Waals surface area contributed by atoms with E-state index in [2.05, 4.69) is 10.2 Å². The highest BCUT2D eigenvalue weighted by atomic mass is 19.1. The number of likely N-dealkylation sites (tertiary alicyclic amines) is 2. The molecule has 1 unspecified atom stereocenters. The molecule has 2 amide bonds. The maximum atomic E-state index is 13.0. The highest BCUT2D eigenvalue weighted by Crippen LogP contribution is 2.20. The van der Waals surface area contributed by atoms with Gasteiger partial charge < -0.3 is 15.1 Å². The van der Waals surface area contributed by atoms with E-state index in [0.717, 1.165) is 25.2 Å². The molecule has 5 nitrogen and oxygen atoms in total. The van der Waals surface area contributed by atoms with Crippen LogP contribution in [0.25, 0.3) is 0 Å². The molecule has 0 saturated carbocycles. The van der Waals surface area contributed by atoms with Gasteiger partial charge in [0.05, 0.1) is 5.92 Å². The van der Waals surface area contributed by atoms with Gasteiger partial charge in [-0.25, -0.2) is 4.39 Å². The van der Waals surface area contributed by atoms with Gasteiger partial charge in [0.15, 0.2) is 0 Å². The van der Waals surface area contributed by atoms with Gasteiger partial charge in [0.25, 0.3) is 0 Å². The van der Waals surface area contributed by atoms with Gasteiger partial charge >= 0.3 is 0 Å². The molecule has 2 heterocycles. The van der Waals surface area contributed by atoms with E-state index in [1.165, 1.54) is 25.0 Å². The smallest absolute Gasteiger partial charge is 0.225 e. The van der Waals surface area contributed by atoms with Crippen molar-refractivity contribution in [1.82, 2.24) is 15.1 Å². The first-order valence-electron chi connectivity index (χ1n) is 9.89. The Hall–Kier alpha value is -1.95. The first-order valence-corrected chi connectivity index (χ1v) is 9.89. The first kappa shape index (κ1) is 19.8. The molecule has 27 heavy (non-hydrogen) atoms. The molecular formula is C21H30FN3O2. The van der Waals surface area contributed by atoms with Gasteiger partial charge in [0, 0.05) is 31.6 Å². The minimum absolute atomic E-state index is 0.0228. The SMILES string of the molecule is CC(C)(CN1CCCC1)NC(=O)C1CC(=O)N(CCc2ccc(F)cc2)C1. The number of carbonyl (C=O) groups excluding carboxylic acids is 2. The van der Waals surface area contributed by atoms with Crippen molar-refractivity contribution < 1.29 is 14.0 Å². The average Bonchev–Trinajstić information content (AvgIpc) is 3.23. The molecular weight excluding hydrogens is 345 g/mol. The van der Waals surface area contributed by atoms with Crippen molar-refractivity contribution in [3.05, 3.63) is 35.6 Å². The number of nitrogens with one attached hydrogen (secondary N) is 1. The lowest BCUT2D eigenvalue weighted by Gasteiger charge is -2.32. The quantitative estimate of drug-likeness (QED) is 0.795. The van der Waals surface area contributed by atoms with Crippen LogP contribution in [0.5, 0.6) is 0 Å². The third-order valence-electron chi connectivity index (χ3n) is 5.45. The van der Waals surface area contributed by atoms with E-state index in [1.54, 1.807) is 17.0 Å². The van der Waals surface area contributed by atoms with Gasteiger partial charge in [0.2, 0.25) is 11.8 Å². The maximum absolute atomic E-state index is 13.0. The molecule has 3 rings (SSSR count). The second-order valence-electron chi connectivity index (χ2n) is 8.47. The third-order valence-corrected chi connectivity index (χ3v) is 5.45. The lowest BCUT2D eigenvalue weighted by Crippen LogP contribution is -2.52. The topological polar surface area (TPSA) is 52.7 Å². The molecule has 0 radical (unpaired) electrons.